The summed E-state index contributed by atoms with van der Waals surface area (Å²) in [4.78, 5) is 26.5. The van der Waals surface area contributed by atoms with E-state index in [9.17, 15) is 9.59 Å². The Bertz CT molecular complexity index is 871. The minimum absolute atomic E-state index is 0.000263. The van der Waals surface area contributed by atoms with Crippen molar-refractivity contribution in [2.45, 2.75) is 52.0 Å². The fourth-order valence-electron chi connectivity index (χ4n) is 3.41. The van der Waals surface area contributed by atoms with Crippen LogP contribution in [0, 0.1) is 0 Å². The second kappa shape index (κ2) is 8.68. The van der Waals surface area contributed by atoms with Crippen molar-refractivity contribution in [2.24, 2.45) is 0 Å². The highest BCUT2D eigenvalue weighted by molar-refractivity contribution is 6.02. The highest BCUT2D eigenvalue weighted by Crippen LogP contribution is 2.36. The number of anilines is 1. The summed E-state index contributed by atoms with van der Waals surface area (Å²) in [5.41, 5.74) is 3.02. The lowest BCUT2D eigenvalue weighted by atomic mass is 9.86. The Kier molecular flexibility index (Phi) is 6.26. The van der Waals surface area contributed by atoms with E-state index >= 15 is 0 Å². The first-order valence-corrected chi connectivity index (χ1v) is 10.1. The molecule has 0 spiro atoms. The Morgan fingerprint density at radius 1 is 1.17 bits per heavy atom. The number of carbonyl (C=O) groups is 2. The minimum Gasteiger partial charge on any atom is -0.482 e. The van der Waals surface area contributed by atoms with E-state index in [1.165, 1.54) is 10.5 Å². The summed E-state index contributed by atoms with van der Waals surface area (Å²) in [5.74, 6) is 0.293. The lowest BCUT2D eigenvalue weighted by molar-refractivity contribution is -0.125. The third-order valence-corrected chi connectivity index (χ3v) is 5.19. The number of hydrogen-bond acceptors (Lipinski definition) is 3. The number of rotatable bonds is 6. The molecule has 29 heavy (non-hydrogen) atoms. The molecular weight excluding hydrogens is 364 g/mol. The summed E-state index contributed by atoms with van der Waals surface area (Å²) in [5, 5.41) is 3.01. The van der Waals surface area contributed by atoms with Gasteiger partial charge in [-0.3, -0.25) is 14.5 Å². The van der Waals surface area contributed by atoms with Crippen LogP contribution in [-0.4, -0.2) is 31.0 Å². The average molecular weight is 395 g/mol. The molecule has 0 saturated heterocycles. The first kappa shape index (κ1) is 20.9. The van der Waals surface area contributed by atoms with Gasteiger partial charge in [-0.15, -0.1) is 0 Å². The van der Waals surface area contributed by atoms with Crippen LogP contribution < -0.4 is 15.0 Å². The van der Waals surface area contributed by atoms with Crippen molar-refractivity contribution in [1.29, 1.82) is 0 Å². The van der Waals surface area contributed by atoms with E-state index in [2.05, 4.69) is 38.2 Å². The predicted molar refractivity (Wildman–Crippen MR) is 115 cm³/mol. The fourth-order valence-corrected chi connectivity index (χ4v) is 3.41. The topological polar surface area (TPSA) is 58.6 Å². The van der Waals surface area contributed by atoms with Crippen molar-refractivity contribution >= 4 is 17.5 Å². The van der Waals surface area contributed by atoms with Gasteiger partial charge in [-0.2, -0.15) is 0 Å². The third-order valence-electron chi connectivity index (χ3n) is 5.19. The van der Waals surface area contributed by atoms with Crippen LogP contribution >= 0.6 is 0 Å². The lowest BCUT2D eigenvalue weighted by Gasteiger charge is -2.31. The van der Waals surface area contributed by atoms with Gasteiger partial charge in [0.25, 0.3) is 5.91 Å². The van der Waals surface area contributed by atoms with Crippen LogP contribution in [0.5, 0.6) is 5.75 Å². The molecule has 0 bridgehead atoms. The van der Waals surface area contributed by atoms with Crippen LogP contribution in [-0.2, 0) is 21.4 Å². The number of nitrogens with one attached hydrogen (secondary N) is 1. The fraction of sp³-hybridized carbons (Fsp3) is 0.417. The summed E-state index contributed by atoms with van der Waals surface area (Å²) in [6.07, 6.45) is 1.75. The van der Waals surface area contributed by atoms with E-state index in [-0.39, 0.29) is 36.4 Å². The number of nitrogens with zero attached hydrogens (tertiary/aromatic N) is 1. The molecule has 154 valence electrons. The first-order chi connectivity index (χ1) is 13.7. The van der Waals surface area contributed by atoms with E-state index in [0.29, 0.717) is 11.4 Å². The van der Waals surface area contributed by atoms with Gasteiger partial charge in [-0.1, -0.05) is 57.2 Å². The molecule has 1 unspecified atom stereocenters. The molecule has 2 aromatic carbocycles. The molecule has 5 nitrogen and oxygen atoms in total. The molecule has 0 saturated carbocycles. The van der Waals surface area contributed by atoms with Gasteiger partial charge in [0.1, 0.15) is 12.3 Å². The number of amides is 2. The zero-order chi connectivity index (χ0) is 21.0. The number of benzene rings is 2. The largest absolute Gasteiger partial charge is 0.482 e. The smallest absolute Gasteiger partial charge is 0.265 e. The minimum atomic E-state index is -0.201. The highest BCUT2D eigenvalue weighted by atomic mass is 16.5. The number of carbonyl (C=O) groups excluding carboxylic acids is 2. The maximum absolute atomic E-state index is 12.6. The van der Waals surface area contributed by atoms with Crippen LogP contribution in [0.4, 0.5) is 5.69 Å². The number of aryl methyl sites for hydroxylation is 1. The molecule has 1 atom stereocenters. The van der Waals surface area contributed by atoms with Gasteiger partial charge in [-0.25, -0.2) is 0 Å². The summed E-state index contributed by atoms with van der Waals surface area (Å²) in [6, 6.07) is 16.1. The molecule has 1 aliphatic rings. The molecule has 0 fully saturated rings. The monoisotopic (exact) mass is 394 g/mol. The molecule has 1 heterocycles. The SMILES string of the molecule is CC(CCc1ccccc1)NC(=O)CN1C(=O)COc2cc(C(C)(C)C)ccc21. The van der Waals surface area contributed by atoms with Crippen molar-refractivity contribution in [2.75, 3.05) is 18.1 Å². The third kappa shape index (κ3) is 5.37. The lowest BCUT2D eigenvalue weighted by Crippen LogP contribution is -2.47. The molecule has 5 heteroatoms. The normalized spacial score (nSPS) is 14.8. The number of hydrogen-bond donors (Lipinski definition) is 1. The second-order valence-corrected chi connectivity index (χ2v) is 8.69. The van der Waals surface area contributed by atoms with Crippen molar-refractivity contribution in [3.8, 4) is 5.75 Å². The van der Waals surface area contributed by atoms with Gasteiger partial charge in [0.2, 0.25) is 5.91 Å². The summed E-state index contributed by atoms with van der Waals surface area (Å²) < 4.78 is 5.63. The van der Waals surface area contributed by atoms with E-state index in [1.807, 2.05) is 43.3 Å². The molecule has 0 radical (unpaired) electrons. The van der Waals surface area contributed by atoms with Crippen molar-refractivity contribution in [3.05, 3.63) is 59.7 Å². The Morgan fingerprint density at radius 3 is 2.59 bits per heavy atom. The summed E-state index contributed by atoms with van der Waals surface area (Å²) in [7, 11) is 0. The van der Waals surface area contributed by atoms with Crippen molar-refractivity contribution < 1.29 is 14.3 Å². The molecule has 0 aromatic heterocycles. The molecule has 1 aliphatic heterocycles. The van der Waals surface area contributed by atoms with Crippen molar-refractivity contribution in [3.63, 3.8) is 0 Å². The quantitative estimate of drug-likeness (QED) is 0.810. The highest BCUT2D eigenvalue weighted by Gasteiger charge is 2.29. The van der Waals surface area contributed by atoms with E-state index in [4.69, 9.17) is 4.74 Å². The van der Waals surface area contributed by atoms with Gasteiger partial charge in [-0.05, 0) is 48.4 Å². The number of ether oxygens (including phenoxy) is 1. The van der Waals surface area contributed by atoms with E-state index in [1.54, 1.807) is 0 Å². The van der Waals surface area contributed by atoms with Crippen LogP contribution in [0.15, 0.2) is 48.5 Å². The second-order valence-electron chi connectivity index (χ2n) is 8.69. The molecule has 2 amide bonds. The van der Waals surface area contributed by atoms with Gasteiger partial charge >= 0.3 is 0 Å². The van der Waals surface area contributed by atoms with E-state index < -0.39 is 0 Å². The van der Waals surface area contributed by atoms with Crippen LogP contribution in [0.1, 0.15) is 45.2 Å². The van der Waals surface area contributed by atoms with E-state index in [0.717, 1.165) is 18.4 Å². The van der Waals surface area contributed by atoms with Gasteiger partial charge in [0.15, 0.2) is 6.61 Å². The number of fused-ring (bicyclic) bond motifs is 1. The molecule has 2 aromatic rings. The zero-order valence-electron chi connectivity index (χ0n) is 17.7. The van der Waals surface area contributed by atoms with Crippen LogP contribution in [0.2, 0.25) is 0 Å². The predicted octanol–water partition coefficient (Wildman–Crippen LogP) is 3.85. The maximum Gasteiger partial charge on any atom is 0.265 e. The van der Waals surface area contributed by atoms with Gasteiger partial charge in [0, 0.05) is 6.04 Å². The molecule has 0 aliphatic carbocycles. The Labute approximate surface area is 173 Å². The first-order valence-electron chi connectivity index (χ1n) is 10.1. The maximum atomic E-state index is 12.6. The molecule has 3 rings (SSSR count). The van der Waals surface area contributed by atoms with Crippen molar-refractivity contribution in [1.82, 2.24) is 5.32 Å². The standard InChI is InChI=1S/C24H30N2O3/c1-17(10-11-18-8-6-5-7-9-18)25-22(27)15-26-20-13-12-19(24(2,3)4)14-21(20)29-16-23(26)28/h5-9,12-14,17H,10-11,15-16H2,1-4H3,(H,25,27). The Morgan fingerprint density at radius 2 is 1.90 bits per heavy atom. The van der Waals surface area contributed by atoms with Crippen LogP contribution in [0.3, 0.4) is 0 Å². The Hall–Kier alpha value is -2.82. The Balaban J connectivity index is 1.62. The zero-order valence-corrected chi connectivity index (χ0v) is 17.7. The van der Waals surface area contributed by atoms with Gasteiger partial charge < -0.3 is 10.1 Å². The van der Waals surface area contributed by atoms with Crippen LogP contribution in [0.25, 0.3) is 0 Å². The summed E-state index contributed by atoms with van der Waals surface area (Å²) in [6.45, 7) is 8.34. The molecular formula is C24H30N2O3. The summed E-state index contributed by atoms with van der Waals surface area (Å²) >= 11 is 0. The van der Waals surface area contributed by atoms with Gasteiger partial charge in [0.05, 0.1) is 5.69 Å². The molecule has 1 N–H and O–H groups in total. The average Bonchev–Trinajstić information content (AvgIpc) is 2.68.